The van der Waals surface area contributed by atoms with E-state index < -0.39 is 0 Å². The summed E-state index contributed by atoms with van der Waals surface area (Å²) in [6, 6.07) is 3.86. The number of carbonyl (C=O) groups excluding carboxylic acids is 1. The summed E-state index contributed by atoms with van der Waals surface area (Å²) >= 11 is 7.45. The maximum Gasteiger partial charge on any atom is 0.263 e. The number of piperidine rings is 1. The number of halogens is 1. The van der Waals surface area contributed by atoms with Crippen LogP contribution in [0.5, 0.6) is 0 Å². The van der Waals surface area contributed by atoms with E-state index in [1.807, 2.05) is 10.5 Å². The van der Waals surface area contributed by atoms with Crippen molar-refractivity contribution in [2.75, 3.05) is 20.1 Å². The van der Waals surface area contributed by atoms with Crippen molar-refractivity contribution in [1.29, 1.82) is 0 Å². The molecule has 4 rings (SSSR count). The fourth-order valence-electron chi connectivity index (χ4n) is 3.15. The Labute approximate surface area is 154 Å². The summed E-state index contributed by atoms with van der Waals surface area (Å²) in [4.78, 5) is 24.1. The van der Waals surface area contributed by atoms with Crippen LogP contribution in [-0.2, 0) is 0 Å². The summed E-state index contributed by atoms with van der Waals surface area (Å²) < 4.78 is 1.89. The fourth-order valence-corrected chi connectivity index (χ4v) is 4.14. The quantitative estimate of drug-likeness (QED) is 0.764. The Morgan fingerprint density at radius 3 is 3.08 bits per heavy atom. The normalized spacial score (nSPS) is 18.6. The minimum absolute atomic E-state index is 0.0593. The van der Waals surface area contributed by atoms with Gasteiger partial charge in [0.25, 0.3) is 5.91 Å². The smallest absolute Gasteiger partial charge is 0.263 e. The summed E-state index contributed by atoms with van der Waals surface area (Å²) in [6.07, 6.45) is 7.32. The molecule has 0 radical (unpaired) electrons. The molecule has 1 amide bonds. The molecule has 0 aliphatic carbocycles. The van der Waals surface area contributed by atoms with E-state index in [9.17, 15) is 4.79 Å². The molecule has 1 fully saturated rings. The number of carbonyl (C=O) groups is 1. The van der Waals surface area contributed by atoms with E-state index in [0.29, 0.717) is 9.90 Å². The zero-order valence-corrected chi connectivity index (χ0v) is 15.3. The number of rotatable bonds is 3. The molecule has 0 saturated carbocycles. The number of pyridine rings is 1. The minimum atomic E-state index is -0.0593. The van der Waals surface area contributed by atoms with Crippen LogP contribution in [0.15, 0.2) is 30.7 Å². The first-order valence-electron chi connectivity index (χ1n) is 8.18. The van der Waals surface area contributed by atoms with Crippen LogP contribution in [0.25, 0.3) is 16.3 Å². The van der Waals surface area contributed by atoms with Crippen molar-refractivity contribution in [3.8, 4) is 10.7 Å². The maximum atomic E-state index is 12.5. The second kappa shape index (κ2) is 6.74. The van der Waals surface area contributed by atoms with Crippen molar-refractivity contribution >= 4 is 34.5 Å². The average Bonchev–Trinajstić information content (AvgIpc) is 3.21. The molecule has 1 aliphatic heterocycles. The Bertz CT molecular complexity index is 921. The Balaban J connectivity index is 1.55. The van der Waals surface area contributed by atoms with E-state index in [0.717, 1.165) is 42.3 Å². The van der Waals surface area contributed by atoms with E-state index in [4.69, 9.17) is 11.6 Å². The van der Waals surface area contributed by atoms with E-state index in [1.54, 1.807) is 24.7 Å². The van der Waals surface area contributed by atoms with Crippen molar-refractivity contribution in [3.63, 3.8) is 0 Å². The maximum absolute atomic E-state index is 12.5. The highest BCUT2D eigenvalue weighted by Gasteiger charge is 2.21. The third kappa shape index (κ3) is 3.40. The molecule has 4 heterocycles. The van der Waals surface area contributed by atoms with Gasteiger partial charge in [0.05, 0.1) is 17.4 Å². The van der Waals surface area contributed by atoms with Crippen LogP contribution in [0.1, 0.15) is 22.5 Å². The summed E-state index contributed by atoms with van der Waals surface area (Å²) in [5.41, 5.74) is 1.63. The predicted molar refractivity (Wildman–Crippen MR) is 99.3 cm³/mol. The van der Waals surface area contributed by atoms with Crippen molar-refractivity contribution in [2.45, 2.75) is 18.9 Å². The highest BCUT2D eigenvalue weighted by Crippen LogP contribution is 2.27. The van der Waals surface area contributed by atoms with Gasteiger partial charge in [-0.15, -0.1) is 11.3 Å². The number of amides is 1. The third-order valence-corrected chi connectivity index (χ3v) is 5.62. The highest BCUT2D eigenvalue weighted by atomic mass is 35.5. The third-order valence-electron chi connectivity index (χ3n) is 4.38. The zero-order chi connectivity index (χ0) is 17.4. The first kappa shape index (κ1) is 16.5. The molecule has 1 aliphatic rings. The van der Waals surface area contributed by atoms with Crippen molar-refractivity contribution in [3.05, 3.63) is 40.6 Å². The van der Waals surface area contributed by atoms with Gasteiger partial charge in [0, 0.05) is 18.8 Å². The Morgan fingerprint density at radius 2 is 2.24 bits per heavy atom. The van der Waals surface area contributed by atoms with Crippen LogP contribution in [0, 0.1) is 0 Å². The molecule has 6 nitrogen and oxygen atoms in total. The molecular formula is C17H18ClN5OS. The summed E-state index contributed by atoms with van der Waals surface area (Å²) in [7, 11) is 2.08. The summed E-state index contributed by atoms with van der Waals surface area (Å²) in [5, 5.41) is 4.49. The number of hydrogen-bond acceptors (Lipinski definition) is 5. The van der Waals surface area contributed by atoms with Crippen LogP contribution in [0.4, 0.5) is 0 Å². The molecule has 3 aromatic heterocycles. The van der Waals surface area contributed by atoms with E-state index >= 15 is 0 Å². The van der Waals surface area contributed by atoms with Gasteiger partial charge in [0.1, 0.15) is 21.2 Å². The van der Waals surface area contributed by atoms with Gasteiger partial charge in [-0.3, -0.25) is 9.20 Å². The van der Waals surface area contributed by atoms with Crippen LogP contribution in [0.3, 0.4) is 0 Å². The minimum Gasteiger partial charge on any atom is -0.347 e. The van der Waals surface area contributed by atoms with E-state index in [-0.39, 0.29) is 11.9 Å². The van der Waals surface area contributed by atoms with Gasteiger partial charge >= 0.3 is 0 Å². The number of likely N-dealkylation sites (tertiary alicyclic amines) is 1. The van der Waals surface area contributed by atoms with Crippen LogP contribution >= 0.6 is 22.9 Å². The molecule has 1 atom stereocenters. The Kier molecular flexibility index (Phi) is 4.45. The first-order chi connectivity index (χ1) is 12.1. The Hall–Kier alpha value is -1.96. The van der Waals surface area contributed by atoms with Gasteiger partial charge in [0.2, 0.25) is 0 Å². The highest BCUT2D eigenvalue weighted by molar-refractivity contribution is 7.16. The largest absolute Gasteiger partial charge is 0.347 e. The molecule has 3 aromatic rings. The number of imidazole rings is 1. The molecule has 25 heavy (non-hydrogen) atoms. The fraction of sp³-hybridized carbons (Fsp3) is 0.353. The summed E-state index contributed by atoms with van der Waals surface area (Å²) in [5.74, 6) is -0.0593. The number of aromatic nitrogens is 3. The molecule has 130 valence electrons. The molecular weight excluding hydrogens is 358 g/mol. The van der Waals surface area contributed by atoms with Gasteiger partial charge in [-0.25, -0.2) is 9.97 Å². The molecule has 0 spiro atoms. The standard InChI is InChI=1S/C17H18ClN5OS/c1-22-6-2-3-12(10-22)21-16(24)14-8-20-17(25-14)13-7-19-15-5-4-11(18)9-23(13)15/h4-5,7-9,12H,2-3,6,10H2,1H3,(H,21,24)/t12-/m0/s1. The number of fused-ring (bicyclic) bond motifs is 1. The van der Waals surface area contributed by atoms with Gasteiger partial charge in [-0.05, 0) is 38.6 Å². The van der Waals surface area contributed by atoms with E-state index in [2.05, 4.69) is 27.2 Å². The second-order valence-electron chi connectivity index (χ2n) is 6.32. The van der Waals surface area contributed by atoms with Gasteiger partial charge in [0.15, 0.2) is 0 Å². The number of thiazole rings is 1. The topological polar surface area (TPSA) is 62.5 Å². The van der Waals surface area contributed by atoms with Crippen LogP contribution in [0.2, 0.25) is 5.02 Å². The lowest BCUT2D eigenvalue weighted by molar-refractivity contribution is 0.0916. The predicted octanol–water partition coefficient (Wildman–Crippen LogP) is 2.94. The molecule has 1 saturated heterocycles. The lowest BCUT2D eigenvalue weighted by Gasteiger charge is -2.29. The lowest BCUT2D eigenvalue weighted by atomic mass is 10.1. The second-order valence-corrected chi connectivity index (χ2v) is 7.79. The SMILES string of the molecule is CN1CCC[C@H](NC(=O)c2cnc(-c3cnc4ccc(Cl)cn34)s2)C1. The van der Waals surface area contributed by atoms with Gasteiger partial charge in [-0.1, -0.05) is 11.6 Å². The molecule has 0 bridgehead atoms. The monoisotopic (exact) mass is 375 g/mol. The molecule has 0 unspecified atom stereocenters. The molecule has 0 aromatic carbocycles. The van der Waals surface area contributed by atoms with Gasteiger partial charge < -0.3 is 10.2 Å². The number of likely N-dealkylation sites (N-methyl/N-ethyl adjacent to an activating group) is 1. The number of hydrogen-bond donors (Lipinski definition) is 1. The summed E-state index contributed by atoms with van der Waals surface area (Å²) in [6.45, 7) is 1.98. The number of nitrogens with one attached hydrogen (secondary N) is 1. The van der Waals surface area contributed by atoms with Crippen molar-refractivity contribution in [1.82, 2.24) is 24.6 Å². The van der Waals surface area contributed by atoms with Crippen molar-refractivity contribution in [2.24, 2.45) is 0 Å². The van der Waals surface area contributed by atoms with Crippen LogP contribution < -0.4 is 5.32 Å². The average molecular weight is 376 g/mol. The molecule has 8 heteroatoms. The zero-order valence-electron chi connectivity index (χ0n) is 13.8. The number of nitrogens with zero attached hydrogens (tertiary/aromatic N) is 4. The van der Waals surface area contributed by atoms with Crippen LogP contribution in [-0.4, -0.2) is 51.4 Å². The first-order valence-corrected chi connectivity index (χ1v) is 9.38. The lowest BCUT2D eigenvalue weighted by Crippen LogP contribution is -2.46. The van der Waals surface area contributed by atoms with Crippen molar-refractivity contribution < 1.29 is 4.79 Å². The van der Waals surface area contributed by atoms with Gasteiger partial charge in [-0.2, -0.15) is 0 Å². The van der Waals surface area contributed by atoms with E-state index in [1.165, 1.54) is 11.3 Å². The molecule has 1 N–H and O–H groups in total. The Morgan fingerprint density at radius 1 is 1.36 bits per heavy atom.